The highest BCUT2D eigenvalue weighted by atomic mass is 16.2. The van der Waals surface area contributed by atoms with Crippen LogP contribution in [-0.2, 0) is 6.54 Å². The summed E-state index contributed by atoms with van der Waals surface area (Å²) in [7, 11) is 0. The van der Waals surface area contributed by atoms with Crippen molar-refractivity contribution in [3.05, 3.63) is 29.8 Å². The van der Waals surface area contributed by atoms with E-state index < -0.39 is 6.03 Å². The molecule has 5 nitrogen and oxygen atoms in total. The average Bonchev–Trinajstić information content (AvgIpc) is 3.03. The van der Waals surface area contributed by atoms with Crippen molar-refractivity contribution in [3.8, 4) is 0 Å². The Morgan fingerprint density at radius 1 is 1.16 bits per heavy atom. The number of urea groups is 1. The fraction of sp³-hybridized carbons (Fsp3) is 0.500. The Morgan fingerprint density at radius 2 is 1.89 bits per heavy atom. The number of carbonyl (C=O) groups is 1. The average molecular weight is 260 g/mol. The van der Waals surface area contributed by atoms with E-state index in [0.717, 1.165) is 25.3 Å². The molecule has 1 fully saturated rings. The zero-order valence-electron chi connectivity index (χ0n) is 11.1. The summed E-state index contributed by atoms with van der Waals surface area (Å²) in [6.07, 6.45) is 2.58. The predicted molar refractivity (Wildman–Crippen MR) is 74.6 cm³/mol. The molecule has 2 aliphatic rings. The number of para-hydroxylation sites is 1. The van der Waals surface area contributed by atoms with Crippen molar-refractivity contribution >= 4 is 11.7 Å². The van der Waals surface area contributed by atoms with Crippen LogP contribution in [0, 0.1) is 0 Å². The minimum absolute atomic E-state index is 0.397. The van der Waals surface area contributed by atoms with Crippen LogP contribution in [0.1, 0.15) is 18.4 Å². The van der Waals surface area contributed by atoms with Gasteiger partial charge in [0.25, 0.3) is 0 Å². The maximum Gasteiger partial charge on any atom is 0.334 e. The molecule has 0 bridgehead atoms. The number of benzene rings is 1. The van der Waals surface area contributed by atoms with Gasteiger partial charge in [-0.15, -0.1) is 0 Å². The number of amides is 2. The number of carbonyl (C=O) groups excluding carboxylic acids is 1. The van der Waals surface area contributed by atoms with Gasteiger partial charge in [-0.25, -0.2) is 14.8 Å². The Kier molecular flexibility index (Phi) is 3.40. The molecular formula is C14H20N4O. The van der Waals surface area contributed by atoms with Crippen molar-refractivity contribution < 1.29 is 4.79 Å². The third-order valence-corrected chi connectivity index (χ3v) is 3.94. The number of fused-ring (bicyclic) bond motifs is 1. The maximum atomic E-state index is 11.7. The van der Waals surface area contributed by atoms with E-state index >= 15 is 0 Å². The summed E-state index contributed by atoms with van der Waals surface area (Å²) in [5, 5.41) is 3.66. The molecule has 2 N–H and O–H groups in total. The van der Waals surface area contributed by atoms with Crippen LogP contribution in [0.2, 0.25) is 0 Å². The molecular weight excluding hydrogens is 240 g/mol. The van der Waals surface area contributed by atoms with Crippen molar-refractivity contribution in [3.63, 3.8) is 0 Å². The van der Waals surface area contributed by atoms with Crippen LogP contribution >= 0.6 is 0 Å². The van der Waals surface area contributed by atoms with Gasteiger partial charge in [-0.1, -0.05) is 18.2 Å². The highest BCUT2D eigenvalue weighted by Crippen LogP contribution is 2.30. The van der Waals surface area contributed by atoms with Crippen LogP contribution in [0.5, 0.6) is 0 Å². The number of hydrazine groups is 1. The van der Waals surface area contributed by atoms with Crippen LogP contribution in [0.3, 0.4) is 0 Å². The fourth-order valence-electron chi connectivity index (χ4n) is 2.97. The van der Waals surface area contributed by atoms with Crippen LogP contribution in [0.4, 0.5) is 10.5 Å². The number of primary amides is 1. The third kappa shape index (κ3) is 2.43. The van der Waals surface area contributed by atoms with Crippen LogP contribution in [0.25, 0.3) is 0 Å². The van der Waals surface area contributed by atoms with Crippen molar-refractivity contribution in [2.75, 3.05) is 31.2 Å². The van der Waals surface area contributed by atoms with Crippen LogP contribution in [0.15, 0.2) is 24.3 Å². The number of anilines is 1. The zero-order chi connectivity index (χ0) is 13.2. The van der Waals surface area contributed by atoms with E-state index in [1.54, 1.807) is 5.01 Å². The molecule has 1 aromatic carbocycles. The van der Waals surface area contributed by atoms with Crippen molar-refractivity contribution in [2.45, 2.75) is 19.4 Å². The maximum absolute atomic E-state index is 11.7. The summed E-state index contributed by atoms with van der Waals surface area (Å²) in [4.78, 5) is 14.1. The molecule has 102 valence electrons. The van der Waals surface area contributed by atoms with Gasteiger partial charge in [0.05, 0.1) is 5.69 Å². The minimum atomic E-state index is -0.397. The Morgan fingerprint density at radius 3 is 2.63 bits per heavy atom. The minimum Gasteiger partial charge on any atom is -0.350 e. The Bertz CT molecular complexity index is 470. The Labute approximate surface area is 113 Å². The SMILES string of the molecule is NC(=O)N1c2ccccc2CN1CCN1CCCC1. The first-order valence-corrected chi connectivity index (χ1v) is 6.90. The predicted octanol–water partition coefficient (Wildman–Crippen LogP) is 1.40. The van der Waals surface area contributed by atoms with Gasteiger partial charge >= 0.3 is 6.03 Å². The lowest BCUT2D eigenvalue weighted by atomic mass is 10.2. The number of nitrogens with two attached hydrogens (primary N) is 1. The first kappa shape index (κ1) is 12.4. The lowest BCUT2D eigenvalue weighted by molar-refractivity contribution is 0.204. The first-order chi connectivity index (χ1) is 9.25. The van der Waals surface area contributed by atoms with Gasteiger partial charge in [0.2, 0.25) is 0 Å². The first-order valence-electron chi connectivity index (χ1n) is 6.90. The second kappa shape index (κ2) is 5.19. The molecule has 0 saturated carbocycles. The molecule has 0 aromatic heterocycles. The van der Waals surface area contributed by atoms with Gasteiger partial charge in [-0.2, -0.15) is 0 Å². The normalized spacial score (nSPS) is 19.9. The van der Waals surface area contributed by atoms with Crippen LogP contribution in [-0.4, -0.2) is 42.1 Å². The Hall–Kier alpha value is -1.59. The van der Waals surface area contributed by atoms with Gasteiger partial charge < -0.3 is 10.6 Å². The molecule has 0 radical (unpaired) electrons. The number of hydrogen-bond donors (Lipinski definition) is 1. The van der Waals surface area contributed by atoms with Crippen molar-refractivity contribution in [1.29, 1.82) is 0 Å². The molecule has 19 heavy (non-hydrogen) atoms. The molecule has 0 aliphatic carbocycles. The molecule has 2 heterocycles. The topological polar surface area (TPSA) is 52.8 Å². The van der Waals surface area contributed by atoms with Gasteiger partial charge in [0.1, 0.15) is 0 Å². The van der Waals surface area contributed by atoms with E-state index in [-0.39, 0.29) is 0 Å². The molecule has 3 rings (SSSR count). The van der Waals surface area contributed by atoms with E-state index in [2.05, 4.69) is 11.0 Å². The smallest absolute Gasteiger partial charge is 0.334 e. The van der Waals surface area contributed by atoms with Gasteiger partial charge in [-0.05, 0) is 37.6 Å². The third-order valence-electron chi connectivity index (χ3n) is 3.94. The van der Waals surface area contributed by atoms with E-state index in [1.165, 1.54) is 31.5 Å². The lowest BCUT2D eigenvalue weighted by Gasteiger charge is -2.28. The highest BCUT2D eigenvalue weighted by Gasteiger charge is 2.30. The summed E-state index contributed by atoms with van der Waals surface area (Å²) in [5.41, 5.74) is 7.61. The van der Waals surface area contributed by atoms with Crippen LogP contribution < -0.4 is 10.7 Å². The molecule has 5 heteroatoms. The Balaban J connectivity index is 1.70. The van der Waals surface area contributed by atoms with E-state index in [9.17, 15) is 4.79 Å². The molecule has 1 aromatic rings. The van der Waals surface area contributed by atoms with E-state index in [1.807, 2.05) is 23.2 Å². The molecule has 2 amide bonds. The molecule has 0 unspecified atom stereocenters. The molecule has 2 aliphatic heterocycles. The number of likely N-dealkylation sites (tertiary alicyclic amines) is 1. The van der Waals surface area contributed by atoms with Crippen molar-refractivity contribution in [1.82, 2.24) is 9.91 Å². The molecule has 0 spiro atoms. The number of hydrogen-bond acceptors (Lipinski definition) is 3. The molecule has 0 atom stereocenters. The largest absolute Gasteiger partial charge is 0.350 e. The summed E-state index contributed by atoms with van der Waals surface area (Å²) in [6.45, 7) is 4.97. The van der Waals surface area contributed by atoms with Crippen molar-refractivity contribution in [2.24, 2.45) is 5.73 Å². The van der Waals surface area contributed by atoms with Gasteiger partial charge in [0, 0.05) is 19.6 Å². The summed E-state index contributed by atoms with van der Waals surface area (Å²) < 4.78 is 0. The van der Waals surface area contributed by atoms with E-state index in [4.69, 9.17) is 5.73 Å². The zero-order valence-corrected chi connectivity index (χ0v) is 11.1. The summed E-state index contributed by atoms with van der Waals surface area (Å²) in [5.74, 6) is 0. The monoisotopic (exact) mass is 260 g/mol. The fourth-order valence-corrected chi connectivity index (χ4v) is 2.97. The number of nitrogens with zero attached hydrogens (tertiary/aromatic N) is 3. The summed E-state index contributed by atoms with van der Waals surface area (Å²) in [6, 6.07) is 7.56. The quantitative estimate of drug-likeness (QED) is 0.893. The molecule has 1 saturated heterocycles. The number of rotatable bonds is 3. The van der Waals surface area contributed by atoms with E-state index in [0.29, 0.717) is 0 Å². The standard InChI is InChI=1S/C14H20N4O/c15-14(19)18-13-6-2-1-5-12(13)11-17(18)10-9-16-7-3-4-8-16/h1-2,5-6H,3-4,7-11H2,(H2,15,19). The van der Waals surface area contributed by atoms with Gasteiger partial charge in [0.15, 0.2) is 0 Å². The summed E-state index contributed by atoms with van der Waals surface area (Å²) >= 11 is 0. The second-order valence-corrected chi connectivity index (χ2v) is 5.22. The second-order valence-electron chi connectivity index (χ2n) is 5.22. The highest BCUT2D eigenvalue weighted by molar-refractivity contribution is 5.91. The van der Waals surface area contributed by atoms with Gasteiger partial charge in [-0.3, -0.25) is 0 Å². The lowest BCUT2D eigenvalue weighted by Crippen LogP contribution is -2.47.